The van der Waals surface area contributed by atoms with Crippen LogP contribution in [0.15, 0.2) is 22.7 Å². The maximum Gasteiger partial charge on any atom is 0.241 e. The summed E-state index contributed by atoms with van der Waals surface area (Å²) >= 11 is 3.43. The Morgan fingerprint density at radius 3 is 2.76 bits per heavy atom. The second-order valence-corrected chi connectivity index (χ2v) is 5.17. The molecule has 0 bridgehead atoms. The number of carbonyl (C=O) groups excluding carboxylic acids is 1. The molecule has 0 fully saturated rings. The van der Waals surface area contributed by atoms with Crippen molar-refractivity contribution in [2.75, 3.05) is 5.32 Å². The zero-order chi connectivity index (χ0) is 13.0. The Morgan fingerprint density at radius 2 is 2.18 bits per heavy atom. The molecule has 3 nitrogen and oxygen atoms in total. The van der Waals surface area contributed by atoms with Crippen LogP contribution in [-0.4, -0.2) is 11.9 Å². The quantitative estimate of drug-likeness (QED) is 0.897. The second-order valence-electron chi connectivity index (χ2n) is 4.31. The third-order valence-electron chi connectivity index (χ3n) is 3.09. The van der Waals surface area contributed by atoms with E-state index in [1.807, 2.05) is 39.0 Å². The van der Waals surface area contributed by atoms with E-state index in [-0.39, 0.29) is 11.8 Å². The van der Waals surface area contributed by atoms with Gasteiger partial charge >= 0.3 is 0 Å². The second kappa shape index (κ2) is 6.17. The Labute approximate surface area is 111 Å². The van der Waals surface area contributed by atoms with Crippen LogP contribution in [-0.2, 0) is 4.79 Å². The van der Waals surface area contributed by atoms with Crippen molar-refractivity contribution in [2.45, 2.75) is 33.2 Å². The van der Waals surface area contributed by atoms with Crippen LogP contribution in [0.2, 0.25) is 0 Å². The van der Waals surface area contributed by atoms with E-state index in [4.69, 9.17) is 5.73 Å². The van der Waals surface area contributed by atoms with Crippen molar-refractivity contribution in [3.63, 3.8) is 0 Å². The number of anilines is 1. The van der Waals surface area contributed by atoms with Crippen molar-refractivity contribution in [1.29, 1.82) is 0 Å². The van der Waals surface area contributed by atoms with E-state index in [0.29, 0.717) is 0 Å². The fraction of sp³-hybridized carbons (Fsp3) is 0.462. The number of amides is 1. The van der Waals surface area contributed by atoms with Crippen molar-refractivity contribution in [3.8, 4) is 0 Å². The zero-order valence-corrected chi connectivity index (χ0v) is 12.0. The number of nitrogens with one attached hydrogen (secondary N) is 1. The van der Waals surface area contributed by atoms with Gasteiger partial charge in [0.2, 0.25) is 5.91 Å². The van der Waals surface area contributed by atoms with E-state index in [9.17, 15) is 4.79 Å². The summed E-state index contributed by atoms with van der Waals surface area (Å²) in [5, 5.41) is 2.87. The van der Waals surface area contributed by atoms with Gasteiger partial charge in [0, 0.05) is 10.2 Å². The Morgan fingerprint density at radius 1 is 1.53 bits per heavy atom. The van der Waals surface area contributed by atoms with E-state index in [1.54, 1.807) is 0 Å². The van der Waals surface area contributed by atoms with Gasteiger partial charge in [-0.05, 0) is 30.5 Å². The summed E-state index contributed by atoms with van der Waals surface area (Å²) in [6, 6.07) is 5.25. The van der Waals surface area contributed by atoms with Crippen LogP contribution in [0.3, 0.4) is 0 Å². The first-order valence-corrected chi connectivity index (χ1v) is 6.58. The molecular weight excluding hydrogens is 280 g/mol. The molecule has 1 aromatic rings. The highest BCUT2D eigenvalue weighted by Gasteiger charge is 2.19. The number of hydrogen-bond donors (Lipinski definition) is 2. The molecule has 1 aromatic carbocycles. The van der Waals surface area contributed by atoms with E-state index in [2.05, 4.69) is 21.2 Å². The predicted octanol–water partition coefficient (Wildman–Crippen LogP) is 3.07. The predicted molar refractivity (Wildman–Crippen MR) is 74.9 cm³/mol. The van der Waals surface area contributed by atoms with Crippen LogP contribution in [0, 0.1) is 12.8 Å². The molecule has 0 aliphatic rings. The fourth-order valence-electron chi connectivity index (χ4n) is 1.47. The largest absolute Gasteiger partial charge is 0.324 e. The van der Waals surface area contributed by atoms with Gasteiger partial charge in [-0.2, -0.15) is 0 Å². The van der Waals surface area contributed by atoms with Gasteiger partial charge in [0.15, 0.2) is 0 Å². The van der Waals surface area contributed by atoms with Gasteiger partial charge in [0.05, 0.1) is 6.04 Å². The molecule has 2 atom stereocenters. The number of rotatable bonds is 4. The van der Waals surface area contributed by atoms with Crippen LogP contribution in [0.4, 0.5) is 5.69 Å². The molecule has 0 heterocycles. The van der Waals surface area contributed by atoms with Gasteiger partial charge in [-0.3, -0.25) is 4.79 Å². The van der Waals surface area contributed by atoms with Crippen molar-refractivity contribution in [1.82, 2.24) is 0 Å². The summed E-state index contributed by atoms with van der Waals surface area (Å²) < 4.78 is 0.979. The highest BCUT2D eigenvalue weighted by atomic mass is 79.9. The molecule has 0 aliphatic heterocycles. The molecule has 2 unspecified atom stereocenters. The molecule has 0 radical (unpaired) electrons. The van der Waals surface area contributed by atoms with Gasteiger partial charge in [-0.25, -0.2) is 0 Å². The fourth-order valence-corrected chi connectivity index (χ4v) is 1.84. The molecule has 0 spiro atoms. The lowest BCUT2D eigenvalue weighted by atomic mass is 9.99. The molecule has 94 valence electrons. The standard InChI is InChI=1S/C13H19BrN2O/c1-4-8(2)12(15)13(17)16-11-7-5-6-10(14)9(11)3/h5-8,12H,4,15H2,1-3H3,(H,16,17). The summed E-state index contributed by atoms with van der Waals surface area (Å²) in [4.78, 5) is 11.9. The maximum atomic E-state index is 11.9. The average Bonchev–Trinajstić information content (AvgIpc) is 2.32. The van der Waals surface area contributed by atoms with Gasteiger partial charge in [-0.15, -0.1) is 0 Å². The molecule has 4 heteroatoms. The van der Waals surface area contributed by atoms with E-state index >= 15 is 0 Å². The molecule has 17 heavy (non-hydrogen) atoms. The van der Waals surface area contributed by atoms with Crippen LogP contribution in [0.5, 0.6) is 0 Å². The zero-order valence-electron chi connectivity index (χ0n) is 10.5. The average molecular weight is 299 g/mol. The Hall–Kier alpha value is -0.870. The van der Waals surface area contributed by atoms with Gasteiger partial charge in [0.25, 0.3) is 0 Å². The summed E-state index contributed by atoms with van der Waals surface area (Å²) in [6.45, 7) is 5.97. The molecule has 3 N–H and O–H groups in total. The Bertz CT molecular complexity index is 406. The minimum Gasteiger partial charge on any atom is -0.324 e. The molecule has 0 aromatic heterocycles. The SMILES string of the molecule is CCC(C)C(N)C(=O)Nc1cccc(Br)c1C. The van der Waals surface area contributed by atoms with E-state index in [1.165, 1.54) is 0 Å². The van der Waals surface area contributed by atoms with Gasteiger partial charge in [0.1, 0.15) is 0 Å². The van der Waals surface area contributed by atoms with E-state index < -0.39 is 6.04 Å². The number of carbonyl (C=O) groups is 1. The number of hydrogen-bond acceptors (Lipinski definition) is 2. The van der Waals surface area contributed by atoms with Crippen LogP contribution in [0.25, 0.3) is 0 Å². The summed E-state index contributed by atoms with van der Waals surface area (Å²) in [7, 11) is 0. The van der Waals surface area contributed by atoms with Crippen LogP contribution in [0.1, 0.15) is 25.8 Å². The highest BCUT2D eigenvalue weighted by molar-refractivity contribution is 9.10. The first-order chi connectivity index (χ1) is 7.97. The molecule has 0 aliphatic carbocycles. The van der Waals surface area contributed by atoms with Crippen molar-refractivity contribution < 1.29 is 4.79 Å². The Balaban J connectivity index is 2.78. The maximum absolute atomic E-state index is 11.9. The summed E-state index contributed by atoms with van der Waals surface area (Å²) in [6.07, 6.45) is 0.895. The first kappa shape index (κ1) is 14.2. The van der Waals surface area contributed by atoms with Crippen LogP contribution >= 0.6 is 15.9 Å². The number of halogens is 1. The minimum absolute atomic E-state index is 0.124. The molecule has 1 amide bonds. The Kier molecular flexibility index (Phi) is 5.15. The third kappa shape index (κ3) is 3.54. The first-order valence-electron chi connectivity index (χ1n) is 5.79. The molecular formula is C13H19BrN2O. The number of benzene rings is 1. The topological polar surface area (TPSA) is 55.1 Å². The van der Waals surface area contributed by atoms with Crippen molar-refractivity contribution in [3.05, 3.63) is 28.2 Å². The van der Waals surface area contributed by atoms with Crippen molar-refractivity contribution >= 4 is 27.5 Å². The smallest absolute Gasteiger partial charge is 0.241 e. The number of nitrogens with two attached hydrogens (primary N) is 1. The van der Waals surface area contributed by atoms with Gasteiger partial charge in [-0.1, -0.05) is 42.3 Å². The van der Waals surface area contributed by atoms with Crippen LogP contribution < -0.4 is 11.1 Å². The summed E-state index contributed by atoms with van der Waals surface area (Å²) in [5.41, 5.74) is 7.70. The lowest BCUT2D eigenvalue weighted by Crippen LogP contribution is -2.40. The molecule has 0 saturated heterocycles. The minimum atomic E-state index is -0.460. The lowest BCUT2D eigenvalue weighted by Gasteiger charge is -2.18. The lowest BCUT2D eigenvalue weighted by molar-refractivity contribution is -0.118. The molecule has 0 saturated carbocycles. The van der Waals surface area contributed by atoms with E-state index in [0.717, 1.165) is 22.1 Å². The summed E-state index contributed by atoms with van der Waals surface area (Å²) in [5.74, 6) is 0.0583. The van der Waals surface area contributed by atoms with Gasteiger partial charge < -0.3 is 11.1 Å². The molecule has 1 rings (SSSR count). The van der Waals surface area contributed by atoms with Crippen molar-refractivity contribution in [2.24, 2.45) is 11.7 Å². The highest BCUT2D eigenvalue weighted by Crippen LogP contribution is 2.23. The third-order valence-corrected chi connectivity index (χ3v) is 3.94. The monoisotopic (exact) mass is 298 g/mol. The normalized spacial score (nSPS) is 14.2.